The summed E-state index contributed by atoms with van der Waals surface area (Å²) in [6, 6.07) is 3.70. The zero-order valence-electron chi connectivity index (χ0n) is 14.6. The monoisotopic (exact) mass is 340 g/mol. The van der Waals surface area contributed by atoms with Crippen molar-refractivity contribution in [1.82, 2.24) is 9.80 Å². The third-order valence-corrected chi connectivity index (χ3v) is 2.94. The van der Waals surface area contributed by atoms with E-state index in [1.807, 2.05) is 0 Å². The van der Waals surface area contributed by atoms with Crippen molar-refractivity contribution in [1.29, 1.82) is 0 Å². The van der Waals surface area contributed by atoms with Crippen LogP contribution in [0.15, 0.2) is 18.2 Å². The van der Waals surface area contributed by atoms with Gasteiger partial charge < -0.3 is 29.5 Å². The van der Waals surface area contributed by atoms with E-state index in [1.165, 1.54) is 29.0 Å². The van der Waals surface area contributed by atoms with Crippen LogP contribution in [0.5, 0.6) is 17.2 Å². The fourth-order valence-corrected chi connectivity index (χ4v) is 1.57. The van der Waals surface area contributed by atoms with Crippen LogP contribution >= 0.6 is 0 Å². The van der Waals surface area contributed by atoms with Crippen molar-refractivity contribution >= 4 is 12.2 Å². The highest BCUT2D eigenvalue weighted by Crippen LogP contribution is 2.28. The minimum absolute atomic E-state index is 0.0997. The molecule has 0 unspecified atom stereocenters. The first-order valence-electron chi connectivity index (χ1n) is 7.38. The Hall–Kier alpha value is -2.64. The third-order valence-electron chi connectivity index (χ3n) is 2.94. The minimum Gasteiger partial charge on any atom is -0.504 e. The molecule has 0 aromatic heterocycles. The van der Waals surface area contributed by atoms with Gasteiger partial charge in [-0.05, 0) is 32.9 Å². The van der Waals surface area contributed by atoms with Crippen molar-refractivity contribution in [2.75, 3.05) is 27.2 Å². The molecule has 24 heavy (non-hydrogen) atoms. The van der Waals surface area contributed by atoms with Crippen molar-refractivity contribution in [3.63, 3.8) is 0 Å². The largest absolute Gasteiger partial charge is 0.504 e. The maximum absolute atomic E-state index is 11.9. The Kier molecular flexibility index (Phi) is 6.27. The predicted octanol–water partition coefficient (Wildman–Crippen LogP) is 2.40. The Bertz CT molecular complexity index is 597. The van der Waals surface area contributed by atoms with Crippen LogP contribution in [0.1, 0.15) is 20.8 Å². The van der Waals surface area contributed by atoms with Gasteiger partial charge in [-0.3, -0.25) is 0 Å². The highest BCUT2D eigenvalue weighted by atomic mass is 16.6. The average molecular weight is 340 g/mol. The number of carbonyl (C=O) groups is 2. The Morgan fingerprint density at radius 1 is 1.00 bits per heavy atom. The first-order valence-corrected chi connectivity index (χ1v) is 7.38. The van der Waals surface area contributed by atoms with E-state index >= 15 is 0 Å². The summed E-state index contributed by atoms with van der Waals surface area (Å²) < 4.78 is 10.3. The summed E-state index contributed by atoms with van der Waals surface area (Å²) in [5.74, 6) is -0.586. The number of aromatic hydroxyl groups is 2. The fraction of sp³-hybridized carbons (Fsp3) is 0.500. The second kappa shape index (κ2) is 7.76. The number of rotatable bonds is 4. The summed E-state index contributed by atoms with van der Waals surface area (Å²) in [5, 5.41) is 18.6. The topological polar surface area (TPSA) is 99.5 Å². The minimum atomic E-state index is -0.655. The van der Waals surface area contributed by atoms with Crippen LogP contribution in [0, 0.1) is 0 Å². The van der Waals surface area contributed by atoms with E-state index in [4.69, 9.17) is 9.47 Å². The van der Waals surface area contributed by atoms with Crippen LogP contribution in [-0.2, 0) is 4.74 Å². The normalized spacial score (nSPS) is 10.9. The predicted molar refractivity (Wildman–Crippen MR) is 87.3 cm³/mol. The summed E-state index contributed by atoms with van der Waals surface area (Å²) in [7, 11) is 3.09. The Balaban J connectivity index is 2.49. The molecule has 0 aliphatic heterocycles. The zero-order chi connectivity index (χ0) is 18.5. The molecule has 2 N–H and O–H groups in total. The summed E-state index contributed by atoms with van der Waals surface area (Å²) in [6.07, 6.45) is -1.13. The van der Waals surface area contributed by atoms with Crippen LogP contribution < -0.4 is 4.74 Å². The molecule has 0 aliphatic rings. The van der Waals surface area contributed by atoms with E-state index in [9.17, 15) is 19.8 Å². The van der Waals surface area contributed by atoms with E-state index in [2.05, 4.69) is 0 Å². The number of phenols is 2. The lowest BCUT2D eigenvalue weighted by atomic mass is 10.2. The maximum atomic E-state index is 11.9. The first kappa shape index (κ1) is 19.4. The maximum Gasteiger partial charge on any atom is 0.415 e. The molecule has 0 atom stereocenters. The third kappa shape index (κ3) is 6.23. The average Bonchev–Trinajstić information content (AvgIpc) is 2.46. The standard InChI is InChI=1S/C16H24N2O6/c1-16(2,3)24-15(22)18(5)9-8-17(4)14(21)23-11-6-7-12(19)13(20)10-11/h6-7,10,19-20H,8-9H2,1-5H3. The Labute approximate surface area is 141 Å². The molecular formula is C16H24N2O6. The lowest BCUT2D eigenvalue weighted by Crippen LogP contribution is -2.40. The summed E-state index contributed by atoms with van der Waals surface area (Å²) >= 11 is 0. The number of likely N-dealkylation sites (N-methyl/N-ethyl adjacent to an activating group) is 2. The number of benzene rings is 1. The van der Waals surface area contributed by atoms with Gasteiger partial charge >= 0.3 is 12.2 Å². The Morgan fingerprint density at radius 2 is 1.54 bits per heavy atom. The van der Waals surface area contributed by atoms with Crippen LogP contribution in [0.4, 0.5) is 9.59 Å². The molecule has 2 amide bonds. The summed E-state index contributed by atoms with van der Waals surface area (Å²) in [5.41, 5.74) is -0.586. The van der Waals surface area contributed by atoms with Gasteiger partial charge in [-0.1, -0.05) is 0 Å². The zero-order valence-corrected chi connectivity index (χ0v) is 14.6. The lowest BCUT2D eigenvalue weighted by molar-refractivity contribution is 0.0287. The second-order valence-corrected chi connectivity index (χ2v) is 6.34. The van der Waals surface area contributed by atoms with Gasteiger partial charge in [-0.15, -0.1) is 0 Å². The molecular weight excluding hydrogens is 316 g/mol. The highest BCUT2D eigenvalue weighted by molar-refractivity contribution is 5.71. The van der Waals surface area contributed by atoms with E-state index in [0.29, 0.717) is 0 Å². The quantitative estimate of drug-likeness (QED) is 0.817. The van der Waals surface area contributed by atoms with Gasteiger partial charge in [0.15, 0.2) is 11.5 Å². The summed E-state index contributed by atoms with van der Waals surface area (Å²) in [6.45, 7) is 5.82. The smallest absolute Gasteiger partial charge is 0.415 e. The van der Waals surface area contributed by atoms with E-state index in [-0.39, 0.29) is 30.3 Å². The molecule has 0 radical (unpaired) electrons. The van der Waals surface area contributed by atoms with Gasteiger partial charge in [0.05, 0.1) is 0 Å². The lowest BCUT2D eigenvalue weighted by Gasteiger charge is -2.26. The number of hydrogen-bond donors (Lipinski definition) is 2. The van der Waals surface area contributed by atoms with Gasteiger partial charge in [-0.25, -0.2) is 9.59 Å². The number of phenolic OH excluding ortho intramolecular Hbond substituents is 2. The SMILES string of the molecule is CN(CCN(C)C(=O)OC(C)(C)C)C(=O)Oc1ccc(O)c(O)c1. The molecule has 1 rings (SSSR count). The molecule has 0 saturated heterocycles. The molecule has 0 aliphatic carbocycles. The van der Waals surface area contributed by atoms with Crippen LogP contribution in [-0.4, -0.2) is 65.0 Å². The molecule has 8 nitrogen and oxygen atoms in total. The van der Waals surface area contributed by atoms with Gasteiger partial charge in [0, 0.05) is 33.3 Å². The summed E-state index contributed by atoms with van der Waals surface area (Å²) in [4.78, 5) is 26.4. The van der Waals surface area contributed by atoms with Crippen LogP contribution in [0.2, 0.25) is 0 Å². The van der Waals surface area contributed by atoms with E-state index in [0.717, 1.165) is 6.07 Å². The molecule has 0 spiro atoms. The first-order chi connectivity index (χ1) is 11.0. The van der Waals surface area contributed by atoms with Crippen molar-refractivity contribution in [3.05, 3.63) is 18.2 Å². The van der Waals surface area contributed by atoms with Gasteiger partial charge in [0.1, 0.15) is 11.4 Å². The van der Waals surface area contributed by atoms with E-state index in [1.54, 1.807) is 27.8 Å². The van der Waals surface area contributed by atoms with Crippen molar-refractivity contribution in [3.8, 4) is 17.2 Å². The Morgan fingerprint density at radius 3 is 2.04 bits per heavy atom. The number of carbonyl (C=O) groups excluding carboxylic acids is 2. The molecule has 134 valence electrons. The molecule has 0 heterocycles. The number of hydrogen-bond acceptors (Lipinski definition) is 6. The molecule has 1 aromatic carbocycles. The van der Waals surface area contributed by atoms with Crippen LogP contribution in [0.3, 0.4) is 0 Å². The number of ether oxygens (including phenoxy) is 2. The van der Waals surface area contributed by atoms with Gasteiger partial charge in [-0.2, -0.15) is 0 Å². The molecule has 0 fully saturated rings. The fourth-order valence-electron chi connectivity index (χ4n) is 1.57. The van der Waals surface area contributed by atoms with Gasteiger partial charge in [0.2, 0.25) is 0 Å². The van der Waals surface area contributed by atoms with E-state index < -0.39 is 17.8 Å². The molecule has 1 aromatic rings. The van der Waals surface area contributed by atoms with Crippen molar-refractivity contribution in [2.24, 2.45) is 0 Å². The second-order valence-electron chi connectivity index (χ2n) is 6.34. The highest BCUT2D eigenvalue weighted by Gasteiger charge is 2.20. The van der Waals surface area contributed by atoms with Crippen LogP contribution in [0.25, 0.3) is 0 Å². The molecule has 0 bridgehead atoms. The number of amides is 2. The molecule has 0 saturated carbocycles. The van der Waals surface area contributed by atoms with Crippen molar-refractivity contribution < 1.29 is 29.3 Å². The van der Waals surface area contributed by atoms with Crippen molar-refractivity contribution in [2.45, 2.75) is 26.4 Å². The van der Waals surface area contributed by atoms with Gasteiger partial charge in [0.25, 0.3) is 0 Å². The number of nitrogens with zero attached hydrogens (tertiary/aromatic N) is 2. The molecule has 8 heteroatoms.